The topological polar surface area (TPSA) is 73.8 Å². The zero-order chi connectivity index (χ0) is 12.3. The molecular weight excluding hydrogens is 220 g/mol. The van der Waals surface area contributed by atoms with E-state index in [2.05, 4.69) is 10.1 Å². The van der Waals surface area contributed by atoms with Crippen LogP contribution in [0.2, 0.25) is 0 Å². The van der Waals surface area contributed by atoms with Crippen LogP contribution in [0.3, 0.4) is 0 Å². The molecule has 0 radical (unpaired) electrons. The smallest absolute Gasteiger partial charge is 0.243 e. The Labute approximate surface area is 97.4 Å². The molecule has 0 atom stereocenters. The lowest BCUT2D eigenvalue weighted by Gasteiger charge is -2.01. The molecule has 17 heavy (non-hydrogen) atoms. The molecule has 86 valence electrons. The Morgan fingerprint density at radius 1 is 1.53 bits per heavy atom. The van der Waals surface area contributed by atoms with Gasteiger partial charge in [-0.15, -0.1) is 0 Å². The Morgan fingerprint density at radius 3 is 3.00 bits per heavy atom. The largest absolute Gasteiger partial charge is 0.259 e. The highest BCUT2D eigenvalue weighted by atomic mass is 16.6. The monoisotopic (exact) mass is 230 g/mol. The predicted molar refractivity (Wildman–Crippen MR) is 62.0 cm³/mol. The second-order valence-electron chi connectivity index (χ2n) is 3.48. The normalized spacial score (nSPS) is 11.5. The lowest BCUT2D eigenvalue weighted by Crippen LogP contribution is -1.95. The Balaban J connectivity index is 2.36. The molecule has 0 bridgehead atoms. The molecule has 1 heterocycles. The van der Waals surface area contributed by atoms with E-state index < -0.39 is 4.92 Å². The van der Waals surface area contributed by atoms with E-state index in [1.807, 2.05) is 18.2 Å². The Kier molecular flexibility index (Phi) is 2.95. The van der Waals surface area contributed by atoms with Gasteiger partial charge in [-0.3, -0.25) is 10.1 Å². The highest BCUT2D eigenvalue weighted by Gasteiger charge is 2.03. The SMILES string of the molecule is CC(=Cc1cccc(-n2cncn2)c1)[N+](=O)[O-]. The lowest BCUT2D eigenvalue weighted by molar-refractivity contribution is -0.422. The maximum absolute atomic E-state index is 10.5. The van der Waals surface area contributed by atoms with Gasteiger partial charge >= 0.3 is 0 Å². The van der Waals surface area contributed by atoms with E-state index in [4.69, 9.17) is 0 Å². The molecule has 6 nitrogen and oxygen atoms in total. The average Bonchev–Trinajstić information content (AvgIpc) is 2.82. The summed E-state index contributed by atoms with van der Waals surface area (Å²) in [6, 6.07) is 7.28. The van der Waals surface area contributed by atoms with Crippen LogP contribution in [0.25, 0.3) is 11.8 Å². The second kappa shape index (κ2) is 4.56. The van der Waals surface area contributed by atoms with Gasteiger partial charge in [0.2, 0.25) is 5.70 Å². The third-order valence-electron chi connectivity index (χ3n) is 2.22. The molecule has 0 saturated heterocycles. The summed E-state index contributed by atoms with van der Waals surface area (Å²) in [6.45, 7) is 1.46. The van der Waals surface area contributed by atoms with E-state index in [1.54, 1.807) is 17.1 Å². The van der Waals surface area contributed by atoms with Crippen LogP contribution in [0.15, 0.2) is 42.6 Å². The van der Waals surface area contributed by atoms with Gasteiger partial charge in [-0.25, -0.2) is 9.67 Å². The molecule has 0 fully saturated rings. The predicted octanol–water partition coefficient (Wildman–Crippen LogP) is 1.90. The van der Waals surface area contributed by atoms with Crippen molar-refractivity contribution in [2.24, 2.45) is 0 Å². The number of hydrogen-bond donors (Lipinski definition) is 0. The molecule has 0 unspecified atom stereocenters. The zero-order valence-electron chi connectivity index (χ0n) is 9.15. The van der Waals surface area contributed by atoms with Crippen molar-refractivity contribution in [1.29, 1.82) is 0 Å². The molecule has 0 aliphatic carbocycles. The molecule has 0 spiro atoms. The highest BCUT2D eigenvalue weighted by molar-refractivity contribution is 5.54. The summed E-state index contributed by atoms with van der Waals surface area (Å²) in [5.41, 5.74) is 1.67. The first-order chi connectivity index (χ1) is 8.16. The van der Waals surface area contributed by atoms with Gasteiger partial charge in [0, 0.05) is 13.0 Å². The van der Waals surface area contributed by atoms with Crippen molar-refractivity contribution in [3.8, 4) is 5.69 Å². The molecule has 0 amide bonds. The molecule has 0 aliphatic rings. The molecule has 0 aliphatic heterocycles. The molecule has 0 saturated carbocycles. The standard InChI is InChI=1S/C11H10N4O2/c1-9(15(16)17)5-10-3-2-4-11(6-10)14-8-12-7-13-14/h2-8H,1H3. The van der Waals surface area contributed by atoms with Gasteiger partial charge in [0.25, 0.3) is 0 Å². The fourth-order valence-electron chi connectivity index (χ4n) is 1.39. The molecule has 2 aromatic rings. The maximum atomic E-state index is 10.5. The van der Waals surface area contributed by atoms with Gasteiger partial charge in [-0.1, -0.05) is 12.1 Å². The minimum absolute atomic E-state index is 0.0979. The van der Waals surface area contributed by atoms with Gasteiger partial charge in [0.1, 0.15) is 12.7 Å². The third-order valence-corrected chi connectivity index (χ3v) is 2.22. The molecule has 1 aromatic heterocycles. The third kappa shape index (κ3) is 2.54. The number of hydrogen-bond acceptors (Lipinski definition) is 4. The van der Waals surface area contributed by atoms with Crippen LogP contribution in [0.1, 0.15) is 12.5 Å². The van der Waals surface area contributed by atoms with E-state index in [-0.39, 0.29) is 5.70 Å². The minimum Gasteiger partial charge on any atom is -0.259 e. The average molecular weight is 230 g/mol. The van der Waals surface area contributed by atoms with Crippen molar-refractivity contribution in [1.82, 2.24) is 14.8 Å². The minimum atomic E-state index is -0.415. The number of rotatable bonds is 3. The van der Waals surface area contributed by atoms with Gasteiger partial charge in [0.05, 0.1) is 10.6 Å². The molecule has 0 N–H and O–H groups in total. The number of allylic oxidation sites excluding steroid dienone is 1. The first-order valence-electron chi connectivity index (χ1n) is 4.94. The van der Waals surface area contributed by atoms with E-state index in [0.717, 1.165) is 11.3 Å². The molecule has 6 heteroatoms. The number of nitrogens with zero attached hydrogens (tertiary/aromatic N) is 4. The van der Waals surface area contributed by atoms with Crippen LogP contribution < -0.4 is 0 Å². The second-order valence-corrected chi connectivity index (χ2v) is 3.48. The van der Waals surface area contributed by atoms with E-state index >= 15 is 0 Å². The van der Waals surface area contributed by atoms with Crippen molar-refractivity contribution >= 4 is 6.08 Å². The van der Waals surface area contributed by atoms with Crippen molar-refractivity contribution in [3.05, 3.63) is 58.3 Å². The fraction of sp³-hybridized carbons (Fsp3) is 0.0909. The summed E-state index contributed by atoms with van der Waals surface area (Å²) in [6.07, 6.45) is 4.52. The summed E-state index contributed by atoms with van der Waals surface area (Å²) in [5, 5.41) is 14.5. The summed E-state index contributed by atoms with van der Waals surface area (Å²) >= 11 is 0. The Hall–Kier alpha value is -2.50. The first-order valence-corrected chi connectivity index (χ1v) is 4.94. The van der Waals surface area contributed by atoms with Gasteiger partial charge in [-0.05, 0) is 17.7 Å². The molecule has 1 aromatic carbocycles. The van der Waals surface area contributed by atoms with E-state index in [1.165, 1.54) is 19.3 Å². The van der Waals surface area contributed by atoms with Crippen LogP contribution in [-0.4, -0.2) is 19.7 Å². The Bertz CT molecular complexity index is 561. The summed E-state index contributed by atoms with van der Waals surface area (Å²) in [7, 11) is 0. The van der Waals surface area contributed by atoms with Gasteiger partial charge in [0.15, 0.2) is 0 Å². The molecular formula is C11H10N4O2. The van der Waals surface area contributed by atoms with Crippen molar-refractivity contribution in [3.63, 3.8) is 0 Å². The van der Waals surface area contributed by atoms with Crippen LogP contribution in [0.4, 0.5) is 0 Å². The summed E-state index contributed by atoms with van der Waals surface area (Å²) < 4.78 is 1.60. The molecule has 2 rings (SSSR count). The number of benzene rings is 1. The van der Waals surface area contributed by atoms with E-state index in [0.29, 0.717) is 0 Å². The number of nitro groups is 1. The summed E-state index contributed by atoms with van der Waals surface area (Å²) in [4.78, 5) is 14.0. The highest BCUT2D eigenvalue weighted by Crippen LogP contribution is 2.12. The van der Waals surface area contributed by atoms with Gasteiger partial charge < -0.3 is 0 Å². The van der Waals surface area contributed by atoms with Crippen LogP contribution in [0.5, 0.6) is 0 Å². The fourth-order valence-corrected chi connectivity index (χ4v) is 1.39. The van der Waals surface area contributed by atoms with Crippen LogP contribution >= 0.6 is 0 Å². The Morgan fingerprint density at radius 2 is 2.35 bits per heavy atom. The van der Waals surface area contributed by atoms with Crippen LogP contribution in [-0.2, 0) is 0 Å². The number of aromatic nitrogens is 3. The maximum Gasteiger partial charge on any atom is 0.243 e. The quantitative estimate of drug-likeness (QED) is 0.596. The van der Waals surface area contributed by atoms with Gasteiger partial charge in [-0.2, -0.15) is 5.10 Å². The van der Waals surface area contributed by atoms with Crippen molar-refractivity contribution in [2.45, 2.75) is 6.92 Å². The zero-order valence-corrected chi connectivity index (χ0v) is 9.15. The van der Waals surface area contributed by atoms with E-state index in [9.17, 15) is 10.1 Å². The van der Waals surface area contributed by atoms with Crippen LogP contribution in [0, 0.1) is 10.1 Å². The lowest BCUT2D eigenvalue weighted by atomic mass is 10.2. The summed E-state index contributed by atoms with van der Waals surface area (Å²) in [5.74, 6) is 0. The van der Waals surface area contributed by atoms with Crippen molar-refractivity contribution in [2.75, 3.05) is 0 Å². The van der Waals surface area contributed by atoms with Crippen molar-refractivity contribution < 1.29 is 4.92 Å². The first kappa shape index (κ1) is 11.0.